The highest BCUT2D eigenvalue weighted by atomic mass is 79.9. The Morgan fingerprint density at radius 2 is 2.20 bits per heavy atom. The molecule has 0 bridgehead atoms. The summed E-state index contributed by atoms with van der Waals surface area (Å²) in [7, 11) is 0. The molecule has 1 atom stereocenters. The first-order chi connectivity index (χ1) is 9.13. The van der Waals surface area contributed by atoms with Gasteiger partial charge in [0, 0.05) is 23.2 Å². The van der Waals surface area contributed by atoms with Crippen LogP contribution in [0.15, 0.2) is 28.7 Å². The van der Waals surface area contributed by atoms with Gasteiger partial charge >= 0.3 is 0 Å². The van der Waals surface area contributed by atoms with E-state index in [0.29, 0.717) is 19.5 Å². The van der Waals surface area contributed by atoms with Gasteiger partial charge in [-0.1, -0.05) is 22.0 Å². The monoisotopic (exact) mass is 381 g/mol. The quantitative estimate of drug-likeness (QED) is 0.604. The number of anilines is 1. The SMILES string of the molecule is CSCCC(N)C(=O)NCCNc1cccc(Br)c1.Cl. The van der Waals surface area contributed by atoms with Crippen LogP contribution in [-0.4, -0.2) is 37.0 Å². The van der Waals surface area contributed by atoms with E-state index in [1.165, 1.54) is 0 Å². The summed E-state index contributed by atoms with van der Waals surface area (Å²) in [5, 5.41) is 6.06. The molecule has 0 aromatic heterocycles. The van der Waals surface area contributed by atoms with E-state index in [1.807, 2.05) is 30.5 Å². The lowest BCUT2D eigenvalue weighted by Gasteiger charge is -2.12. The molecular formula is C13H21BrClN3OS. The Balaban J connectivity index is 0.00000361. The molecule has 0 heterocycles. The van der Waals surface area contributed by atoms with E-state index < -0.39 is 6.04 Å². The first kappa shape index (κ1) is 19.6. The second-order valence-electron chi connectivity index (χ2n) is 4.12. The number of carbonyl (C=O) groups excluding carboxylic acids is 1. The van der Waals surface area contributed by atoms with Gasteiger partial charge in [-0.2, -0.15) is 11.8 Å². The van der Waals surface area contributed by atoms with Crippen molar-refractivity contribution in [2.24, 2.45) is 5.73 Å². The van der Waals surface area contributed by atoms with E-state index in [-0.39, 0.29) is 18.3 Å². The Bertz CT molecular complexity index is 409. The summed E-state index contributed by atoms with van der Waals surface area (Å²) in [5.41, 5.74) is 6.79. The largest absolute Gasteiger partial charge is 0.383 e. The molecule has 114 valence electrons. The van der Waals surface area contributed by atoms with Crippen LogP contribution in [-0.2, 0) is 4.79 Å². The molecule has 0 spiro atoms. The molecule has 4 nitrogen and oxygen atoms in total. The van der Waals surface area contributed by atoms with E-state index in [0.717, 1.165) is 15.9 Å². The number of amides is 1. The minimum absolute atomic E-state index is 0. The molecule has 7 heteroatoms. The van der Waals surface area contributed by atoms with Crippen molar-refractivity contribution in [1.82, 2.24) is 5.32 Å². The fourth-order valence-electron chi connectivity index (χ4n) is 1.50. The number of nitrogens with two attached hydrogens (primary N) is 1. The number of benzene rings is 1. The molecule has 0 aliphatic carbocycles. The summed E-state index contributed by atoms with van der Waals surface area (Å²) in [6.07, 6.45) is 2.72. The van der Waals surface area contributed by atoms with E-state index in [1.54, 1.807) is 11.8 Å². The molecule has 0 aliphatic rings. The molecule has 0 radical (unpaired) electrons. The lowest BCUT2D eigenvalue weighted by atomic mass is 10.2. The van der Waals surface area contributed by atoms with Crippen LogP contribution in [0.4, 0.5) is 5.69 Å². The maximum atomic E-state index is 11.6. The van der Waals surface area contributed by atoms with Gasteiger partial charge in [-0.05, 0) is 36.6 Å². The molecule has 1 amide bonds. The van der Waals surface area contributed by atoms with Gasteiger partial charge in [0.05, 0.1) is 6.04 Å². The summed E-state index contributed by atoms with van der Waals surface area (Å²) in [6, 6.07) is 7.50. The van der Waals surface area contributed by atoms with Crippen molar-refractivity contribution in [2.45, 2.75) is 12.5 Å². The summed E-state index contributed by atoms with van der Waals surface area (Å²) in [4.78, 5) is 11.6. The van der Waals surface area contributed by atoms with Gasteiger partial charge < -0.3 is 16.4 Å². The van der Waals surface area contributed by atoms with Crippen LogP contribution >= 0.6 is 40.1 Å². The van der Waals surface area contributed by atoms with Gasteiger partial charge in [0.1, 0.15) is 0 Å². The van der Waals surface area contributed by atoms with Gasteiger partial charge in [-0.3, -0.25) is 4.79 Å². The summed E-state index contributed by atoms with van der Waals surface area (Å²) in [6.45, 7) is 1.25. The van der Waals surface area contributed by atoms with Crippen LogP contribution in [0.1, 0.15) is 6.42 Å². The highest BCUT2D eigenvalue weighted by Gasteiger charge is 2.11. The zero-order chi connectivity index (χ0) is 14.1. The van der Waals surface area contributed by atoms with E-state index in [9.17, 15) is 4.79 Å². The highest BCUT2D eigenvalue weighted by Crippen LogP contribution is 2.14. The zero-order valence-electron chi connectivity index (χ0n) is 11.4. The van der Waals surface area contributed by atoms with Crippen molar-refractivity contribution in [2.75, 3.05) is 30.4 Å². The maximum absolute atomic E-state index is 11.6. The third kappa shape index (κ3) is 7.99. The molecular weight excluding hydrogens is 362 g/mol. The number of nitrogens with one attached hydrogen (secondary N) is 2. The Labute approximate surface area is 139 Å². The summed E-state index contributed by atoms with van der Waals surface area (Å²) < 4.78 is 1.03. The number of rotatable bonds is 8. The Kier molecular flexibility index (Phi) is 11.0. The normalized spacial score (nSPS) is 11.3. The molecule has 1 rings (SSSR count). The fourth-order valence-corrected chi connectivity index (χ4v) is 2.39. The number of hydrogen-bond donors (Lipinski definition) is 3. The summed E-state index contributed by atoms with van der Waals surface area (Å²) >= 11 is 5.11. The Hall–Kier alpha value is -0.430. The highest BCUT2D eigenvalue weighted by molar-refractivity contribution is 9.10. The number of halogens is 2. The lowest BCUT2D eigenvalue weighted by molar-refractivity contribution is -0.122. The molecule has 0 aliphatic heterocycles. The minimum Gasteiger partial charge on any atom is -0.383 e. The molecule has 1 unspecified atom stereocenters. The van der Waals surface area contributed by atoms with Gasteiger partial charge in [0.25, 0.3) is 0 Å². The predicted molar refractivity (Wildman–Crippen MR) is 93.9 cm³/mol. The van der Waals surface area contributed by atoms with E-state index >= 15 is 0 Å². The van der Waals surface area contributed by atoms with Crippen molar-refractivity contribution in [3.63, 3.8) is 0 Å². The van der Waals surface area contributed by atoms with Crippen LogP contribution in [0.25, 0.3) is 0 Å². The van der Waals surface area contributed by atoms with Crippen molar-refractivity contribution in [1.29, 1.82) is 0 Å². The number of thioether (sulfide) groups is 1. The van der Waals surface area contributed by atoms with E-state index in [2.05, 4.69) is 26.6 Å². The number of hydrogen-bond acceptors (Lipinski definition) is 4. The second-order valence-corrected chi connectivity index (χ2v) is 6.02. The second kappa shape index (κ2) is 11.3. The predicted octanol–water partition coefficient (Wildman–Crippen LogP) is 2.48. The Morgan fingerprint density at radius 1 is 1.45 bits per heavy atom. The van der Waals surface area contributed by atoms with Crippen LogP contribution in [0.2, 0.25) is 0 Å². The fraction of sp³-hybridized carbons (Fsp3) is 0.462. The van der Waals surface area contributed by atoms with Gasteiger partial charge in [-0.25, -0.2) is 0 Å². The van der Waals surface area contributed by atoms with E-state index in [4.69, 9.17) is 5.73 Å². The smallest absolute Gasteiger partial charge is 0.237 e. The van der Waals surface area contributed by atoms with Crippen molar-refractivity contribution in [3.8, 4) is 0 Å². The molecule has 0 saturated carbocycles. The first-order valence-electron chi connectivity index (χ1n) is 6.15. The maximum Gasteiger partial charge on any atom is 0.237 e. The van der Waals surface area contributed by atoms with Crippen molar-refractivity contribution in [3.05, 3.63) is 28.7 Å². The molecule has 0 saturated heterocycles. The number of carbonyl (C=O) groups is 1. The zero-order valence-corrected chi connectivity index (χ0v) is 14.6. The molecule has 0 fully saturated rings. The summed E-state index contributed by atoms with van der Waals surface area (Å²) in [5.74, 6) is 0.829. The molecule has 20 heavy (non-hydrogen) atoms. The molecule has 4 N–H and O–H groups in total. The van der Waals surface area contributed by atoms with Gasteiger partial charge in [0.15, 0.2) is 0 Å². The third-order valence-electron chi connectivity index (χ3n) is 2.55. The van der Waals surface area contributed by atoms with Crippen LogP contribution in [0.3, 0.4) is 0 Å². The first-order valence-corrected chi connectivity index (χ1v) is 8.34. The van der Waals surface area contributed by atoms with Gasteiger partial charge in [-0.15, -0.1) is 12.4 Å². The lowest BCUT2D eigenvalue weighted by Crippen LogP contribution is -2.42. The van der Waals surface area contributed by atoms with Crippen molar-refractivity contribution < 1.29 is 4.79 Å². The average molecular weight is 383 g/mol. The van der Waals surface area contributed by atoms with Gasteiger partial charge in [0.2, 0.25) is 5.91 Å². The average Bonchev–Trinajstić information content (AvgIpc) is 2.40. The minimum atomic E-state index is -0.404. The van der Waals surface area contributed by atoms with Crippen LogP contribution in [0, 0.1) is 0 Å². The molecule has 1 aromatic rings. The topological polar surface area (TPSA) is 67.2 Å². The van der Waals surface area contributed by atoms with Crippen LogP contribution < -0.4 is 16.4 Å². The third-order valence-corrected chi connectivity index (χ3v) is 3.68. The van der Waals surface area contributed by atoms with Crippen molar-refractivity contribution >= 4 is 51.7 Å². The standard InChI is InChI=1S/C13H20BrN3OS.ClH/c1-19-8-5-12(15)13(18)17-7-6-16-11-4-2-3-10(14)9-11;/h2-4,9,12,16H,5-8,15H2,1H3,(H,17,18);1H. The Morgan fingerprint density at radius 3 is 2.85 bits per heavy atom. The molecule has 1 aromatic carbocycles. The van der Waals surface area contributed by atoms with Crippen LogP contribution in [0.5, 0.6) is 0 Å².